The number of urea groups is 1. The van der Waals surface area contributed by atoms with Gasteiger partial charge in [-0.2, -0.15) is 0 Å². The van der Waals surface area contributed by atoms with Crippen molar-refractivity contribution in [1.29, 1.82) is 0 Å². The number of benzene rings is 1. The van der Waals surface area contributed by atoms with Crippen molar-refractivity contribution in [1.82, 2.24) is 10.2 Å². The summed E-state index contributed by atoms with van der Waals surface area (Å²) in [5, 5.41) is 2.87. The lowest BCUT2D eigenvalue weighted by Gasteiger charge is -2.22. The summed E-state index contributed by atoms with van der Waals surface area (Å²) in [6.45, 7) is 1.25. The molecule has 5 heteroatoms. The van der Waals surface area contributed by atoms with E-state index in [0.29, 0.717) is 19.5 Å². The Kier molecular flexibility index (Phi) is 5.60. The Morgan fingerprint density at radius 3 is 2.71 bits per heavy atom. The quantitative estimate of drug-likeness (QED) is 0.782. The van der Waals surface area contributed by atoms with E-state index in [1.54, 1.807) is 4.90 Å². The third kappa shape index (κ3) is 4.48. The van der Waals surface area contributed by atoms with Gasteiger partial charge in [-0.25, -0.2) is 4.79 Å². The second kappa shape index (κ2) is 7.67. The molecule has 1 aromatic rings. The molecule has 0 aliphatic carbocycles. The van der Waals surface area contributed by atoms with Gasteiger partial charge in [-0.3, -0.25) is 4.79 Å². The minimum atomic E-state index is -0.436. The van der Waals surface area contributed by atoms with Gasteiger partial charge in [0, 0.05) is 13.1 Å². The maximum atomic E-state index is 12.0. The number of rotatable bonds is 6. The van der Waals surface area contributed by atoms with Crippen LogP contribution in [0.4, 0.5) is 4.79 Å². The number of aryl methyl sites for hydroxylation is 1. The zero-order valence-electron chi connectivity index (χ0n) is 12.3. The smallest absolute Gasteiger partial charge is 0.318 e. The minimum absolute atomic E-state index is 0.170. The molecule has 1 saturated heterocycles. The molecule has 1 fully saturated rings. The third-order valence-electron chi connectivity index (χ3n) is 3.85. The maximum Gasteiger partial charge on any atom is 0.318 e. The summed E-state index contributed by atoms with van der Waals surface area (Å²) >= 11 is 0. The van der Waals surface area contributed by atoms with Gasteiger partial charge >= 0.3 is 6.03 Å². The van der Waals surface area contributed by atoms with E-state index in [4.69, 9.17) is 5.73 Å². The lowest BCUT2D eigenvalue weighted by atomic mass is 10.1. The molecule has 1 heterocycles. The second-order valence-corrected chi connectivity index (χ2v) is 5.43. The van der Waals surface area contributed by atoms with Gasteiger partial charge in [0.25, 0.3) is 0 Å². The number of unbranched alkanes of at least 4 members (excludes halogenated alkanes) is 1. The molecule has 1 atom stereocenters. The summed E-state index contributed by atoms with van der Waals surface area (Å²) in [7, 11) is 0. The molecule has 1 aromatic carbocycles. The number of nitrogens with zero attached hydrogens (tertiary/aromatic N) is 1. The van der Waals surface area contributed by atoms with Crippen LogP contribution in [0.15, 0.2) is 30.3 Å². The molecule has 0 unspecified atom stereocenters. The van der Waals surface area contributed by atoms with Crippen molar-refractivity contribution >= 4 is 11.9 Å². The van der Waals surface area contributed by atoms with Crippen LogP contribution < -0.4 is 11.1 Å². The van der Waals surface area contributed by atoms with Crippen LogP contribution in [0.25, 0.3) is 0 Å². The monoisotopic (exact) mass is 289 g/mol. The van der Waals surface area contributed by atoms with Gasteiger partial charge < -0.3 is 16.0 Å². The number of carbonyl (C=O) groups is 2. The van der Waals surface area contributed by atoms with E-state index in [-0.39, 0.29) is 6.03 Å². The average molecular weight is 289 g/mol. The third-order valence-corrected chi connectivity index (χ3v) is 3.85. The van der Waals surface area contributed by atoms with Crippen molar-refractivity contribution in [3.8, 4) is 0 Å². The van der Waals surface area contributed by atoms with E-state index in [2.05, 4.69) is 17.4 Å². The molecule has 21 heavy (non-hydrogen) atoms. The van der Waals surface area contributed by atoms with Crippen LogP contribution >= 0.6 is 0 Å². The fourth-order valence-electron chi connectivity index (χ4n) is 2.70. The van der Waals surface area contributed by atoms with E-state index in [1.807, 2.05) is 18.2 Å². The van der Waals surface area contributed by atoms with Crippen LogP contribution in [0, 0.1) is 0 Å². The number of amides is 3. The van der Waals surface area contributed by atoms with Gasteiger partial charge in [0.15, 0.2) is 0 Å². The summed E-state index contributed by atoms with van der Waals surface area (Å²) in [6.07, 6.45) is 4.50. The fraction of sp³-hybridized carbons (Fsp3) is 0.500. The highest BCUT2D eigenvalue weighted by Gasteiger charge is 2.32. The summed E-state index contributed by atoms with van der Waals surface area (Å²) in [5.41, 5.74) is 6.62. The number of nitrogens with one attached hydrogen (secondary N) is 1. The Morgan fingerprint density at radius 1 is 1.24 bits per heavy atom. The fourth-order valence-corrected chi connectivity index (χ4v) is 2.70. The minimum Gasteiger partial charge on any atom is -0.368 e. The Morgan fingerprint density at radius 2 is 2.00 bits per heavy atom. The second-order valence-electron chi connectivity index (χ2n) is 5.43. The van der Waals surface area contributed by atoms with Crippen LogP contribution in [0.1, 0.15) is 31.2 Å². The number of hydrogen-bond donors (Lipinski definition) is 2. The molecular formula is C16H23N3O2. The van der Waals surface area contributed by atoms with E-state index in [1.165, 1.54) is 5.56 Å². The summed E-state index contributed by atoms with van der Waals surface area (Å²) < 4.78 is 0. The van der Waals surface area contributed by atoms with Crippen molar-refractivity contribution in [2.45, 2.75) is 38.1 Å². The Balaban J connectivity index is 1.64. The lowest BCUT2D eigenvalue weighted by molar-refractivity contribution is -0.121. The zero-order valence-corrected chi connectivity index (χ0v) is 12.3. The van der Waals surface area contributed by atoms with Crippen molar-refractivity contribution in [2.75, 3.05) is 13.1 Å². The topological polar surface area (TPSA) is 75.4 Å². The largest absolute Gasteiger partial charge is 0.368 e. The summed E-state index contributed by atoms with van der Waals surface area (Å²) in [6, 6.07) is 9.70. The first-order chi connectivity index (χ1) is 10.2. The molecule has 0 radical (unpaired) electrons. The van der Waals surface area contributed by atoms with Crippen molar-refractivity contribution in [2.24, 2.45) is 5.73 Å². The van der Waals surface area contributed by atoms with Gasteiger partial charge in [0.05, 0.1) is 0 Å². The molecule has 5 nitrogen and oxygen atoms in total. The highest BCUT2D eigenvalue weighted by atomic mass is 16.2. The molecule has 1 aliphatic heterocycles. The molecule has 3 amide bonds. The van der Waals surface area contributed by atoms with Gasteiger partial charge in [0.2, 0.25) is 5.91 Å². The molecule has 1 aliphatic rings. The van der Waals surface area contributed by atoms with Crippen molar-refractivity contribution < 1.29 is 9.59 Å². The molecule has 0 aromatic heterocycles. The number of carbonyl (C=O) groups excluding carboxylic acids is 2. The van der Waals surface area contributed by atoms with Gasteiger partial charge in [-0.05, 0) is 37.7 Å². The molecule has 0 bridgehead atoms. The highest BCUT2D eigenvalue weighted by Crippen LogP contribution is 2.16. The van der Waals surface area contributed by atoms with Crippen LogP contribution in [0.2, 0.25) is 0 Å². The van der Waals surface area contributed by atoms with Crippen LogP contribution in [-0.2, 0) is 11.2 Å². The van der Waals surface area contributed by atoms with Crippen molar-refractivity contribution in [3.63, 3.8) is 0 Å². The molecule has 3 N–H and O–H groups in total. The Bertz CT molecular complexity index is 476. The molecule has 0 saturated carbocycles. The highest BCUT2D eigenvalue weighted by molar-refractivity contribution is 5.86. The zero-order chi connectivity index (χ0) is 15.1. The van der Waals surface area contributed by atoms with Gasteiger partial charge in [0.1, 0.15) is 6.04 Å². The summed E-state index contributed by atoms with van der Waals surface area (Å²) in [4.78, 5) is 24.8. The molecule has 2 rings (SSSR count). The standard InChI is InChI=1S/C16H23N3O2/c17-15(20)14-10-6-12-19(14)16(21)18-11-5-4-9-13-7-2-1-3-8-13/h1-3,7-8,14H,4-6,9-12H2,(H2,17,20)(H,18,21)/t14-/m0/s1. The van der Waals surface area contributed by atoms with Gasteiger partial charge in [-0.1, -0.05) is 30.3 Å². The first-order valence-corrected chi connectivity index (χ1v) is 7.56. The van der Waals surface area contributed by atoms with Crippen molar-refractivity contribution in [3.05, 3.63) is 35.9 Å². The van der Waals surface area contributed by atoms with E-state index in [9.17, 15) is 9.59 Å². The molecular weight excluding hydrogens is 266 g/mol. The van der Waals surface area contributed by atoms with Gasteiger partial charge in [-0.15, -0.1) is 0 Å². The predicted octanol–water partition coefficient (Wildman–Crippen LogP) is 1.67. The van der Waals surface area contributed by atoms with E-state index < -0.39 is 11.9 Å². The van der Waals surface area contributed by atoms with E-state index >= 15 is 0 Å². The first kappa shape index (κ1) is 15.4. The lowest BCUT2D eigenvalue weighted by Crippen LogP contribution is -2.48. The first-order valence-electron chi connectivity index (χ1n) is 7.56. The molecule has 114 valence electrons. The average Bonchev–Trinajstić information content (AvgIpc) is 2.97. The number of hydrogen-bond acceptors (Lipinski definition) is 2. The van der Waals surface area contributed by atoms with E-state index in [0.717, 1.165) is 25.7 Å². The SMILES string of the molecule is NC(=O)[C@@H]1CCCN1C(=O)NCCCCc1ccccc1. The Hall–Kier alpha value is -2.04. The normalized spacial score (nSPS) is 17.7. The number of likely N-dealkylation sites (tertiary alicyclic amines) is 1. The number of nitrogens with two attached hydrogens (primary N) is 1. The number of primary amides is 1. The molecule has 0 spiro atoms. The van der Waals surface area contributed by atoms with Crippen LogP contribution in [-0.4, -0.2) is 36.0 Å². The summed E-state index contributed by atoms with van der Waals surface area (Å²) in [5.74, 6) is -0.410. The predicted molar refractivity (Wildman–Crippen MR) is 81.7 cm³/mol. The van der Waals surface area contributed by atoms with Crippen LogP contribution in [0.3, 0.4) is 0 Å². The van der Waals surface area contributed by atoms with Crippen LogP contribution in [0.5, 0.6) is 0 Å². The Labute approximate surface area is 125 Å². The maximum absolute atomic E-state index is 12.0.